The molecule has 2 rings (SSSR count). The largest absolute Gasteiger partial charge is 0.319 e. The molecule has 1 amide bonds. The van der Waals surface area contributed by atoms with Crippen molar-refractivity contribution in [2.24, 2.45) is 0 Å². The van der Waals surface area contributed by atoms with Crippen LogP contribution in [0.3, 0.4) is 0 Å². The maximum atomic E-state index is 11.9. The molecule has 0 fully saturated rings. The second-order valence-electron chi connectivity index (χ2n) is 3.38. The Morgan fingerprint density at radius 2 is 2.31 bits per heavy atom. The van der Waals surface area contributed by atoms with Gasteiger partial charge in [0.15, 0.2) is 0 Å². The smallest absolute Gasteiger partial charge is 0.256 e. The lowest BCUT2D eigenvalue weighted by molar-refractivity contribution is 0.102. The molecule has 0 atom stereocenters. The summed E-state index contributed by atoms with van der Waals surface area (Å²) in [4.78, 5) is 11.9. The maximum Gasteiger partial charge on any atom is 0.256 e. The van der Waals surface area contributed by atoms with Gasteiger partial charge in [0.2, 0.25) is 0 Å². The van der Waals surface area contributed by atoms with E-state index in [1.54, 1.807) is 18.5 Å². The summed E-state index contributed by atoms with van der Waals surface area (Å²) in [5, 5.41) is 9.14. The molecular weight excluding hydrogens is 270 g/mol. The lowest BCUT2D eigenvalue weighted by Crippen LogP contribution is -2.12. The molecule has 2 N–H and O–H groups in total. The molecule has 1 aromatic heterocycles. The van der Waals surface area contributed by atoms with Crippen LogP contribution in [-0.4, -0.2) is 16.1 Å². The van der Waals surface area contributed by atoms with Crippen molar-refractivity contribution < 1.29 is 4.79 Å². The van der Waals surface area contributed by atoms with E-state index in [2.05, 4.69) is 31.4 Å². The zero-order valence-electron chi connectivity index (χ0n) is 8.62. The average Bonchev–Trinajstić information content (AvgIpc) is 2.74. The highest BCUT2D eigenvalue weighted by Crippen LogP contribution is 2.21. The number of benzene rings is 1. The number of anilines is 1. The van der Waals surface area contributed by atoms with Crippen LogP contribution in [0.25, 0.3) is 0 Å². The van der Waals surface area contributed by atoms with E-state index in [-0.39, 0.29) is 5.91 Å². The zero-order valence-corrected chi connectivity index (χ0v) is 10.2. The summed E-state index contributed by atoms with van der Waals surface area (Å²) in [5.74, 6) is -0.156. The van der Waals surface area contributed by atoms with E-state index in [4.69, 9.17) is 0 Å². The summed E-state index contributed by atoms with van der Waals surface area (Å²) in [5.41, 5.74) is 2.29. The Hall–Kier alpha value is -1.62. The molecule has 4 nitrogen and oxygen atoms in total. The van der Waals surface area contributed by atoms with Crippen LogP contribution in [0.15, 0.2) is 35.1 Å². The van der Waals surface area contributed by atoms with Crippen LogP contribution in [0.5, 0.6) is 0 Å². The highest BCUT2D eigenvalue weighted by Gasteiger charge is 2.11. The molecule has 0 radical (unpaired) electrons. The van der Waals surface area contributed by atoms with Crippen molar-refractivity contribution in [3.8, 4) is 0 Å². The van der Waals surface area contributed by atoms with Gasteiger partial charge in [-0.05, 0) is 34.5 Å². The first kappa shape index (κ1) is 10.9. The summed E-state index contributed by atoms with van der Waals surface area (Å²) in [7, 11) is 0. The van der Waals surface area contributed by atoms with Gasteiger partial charge in [-0.3, -0.25) is 9.89 Å². The minimum atomic E-state index is -0.156. The van der Waals surface area contributed by atoms with E-state index in [0.717, 1.165) is 10.0 Å². The average molecular weight is 280 g/mol. The molecule has 0 unspecified atom stereocenters. The van der Waals surface area contributed by atoms with E-state index in [9.17, 15) is 4.79 Å². The van der Waals surface area contributed by atoms with Gasteiger partial charge in [0.25, 0.3) is 5.91 Å². The molecule has 0 saturated carbocycles. The van der Waals surface area contributed by atoms with Crippen LogP contribution in [-0.2, 0) is 0 Å². The van der Waals surface area contributed by atoms with Crippen molar-refractivity contribution in [1.82, 2.24) is 10.2 Å². The van der Waals surface area contributed by atoms with Crippen LogP contribution in [0.4, 0.5) is 5.69 Å². The first-order valence-corrected chi connectivity index (χ1v) is 5.53. The Morgan fingerprint density at radius 3 is 3.00 bits per heavy atom. The lowest BCUT2D eigenvalue weighted by atomic mass is 10.1. The molecule has 5 heteroatoms. The summed E-state index contributed by atoms with van der Waals surface area (Å²) in [6.07, 6.45) is 3.18. The van der Waals surface area contributed by atoms with Gasteiger partial charge in [-0.1, -0.05) is 12.1 Å². The fraction of sp³-hybridized carbons (Fsp3) is 0.0909. The number of carbonyl (C=O) groups is 1. The molecule has 0 bridgehead atoms. The third-order valence-corrected chi connectivity index (χ3v) is 3.25. The third-order valence-electron chi connectivity index (χ3n) is 2.19. The number of aromatic nitrogens is 2. The predicted octanol–water partition coefficient (Wildman–Crippen LogP) is 2.73. The Morgan fingerprint density at radius 1 is 1.50 bits per heavy atom. The van der Waals surface area contributed by atoms with Crippen molar-refractivity contribution in [3.63, 3.8) is 0 Å². The monoisotopic (exact) mass is 279 g/mol. The fourth-order valence-corrected chi connectivity index (χ4v) is 1.78. The highest BCUT2D eigenvalue weighted by atomic mass is 79.9. The summed E-state index contributed by atoms with van der Waals surface area (Å²) >= 11 is 3.40. The number of rotatable bonds is 2. The third kappa shape index (κ3) is 2.14. The van der Waals surface area contributed by atoms with Crippen LogP contribution in [0, 0.1) is 6.92 Å². The number of nitrogens with zero attached hydrogens (tertiary/aromatic N) is 1. The zero-order chi connectivity index (χ0) is 11.5. The summed E-state index contributed by atoms with van der Waals surface area (Å²) in [6, 6.07) is 5.57. The molecule has 1 heterocycles. The Bertz CT molecular complexity index is 508. The van der Waals surface area contributed by atoms with Gasteiger partial charge in [0.05, 0.1) is 17.4 Å². The number of nitrogens with one attached hydrogen (secondary N) is 2. The van der Waals surface area contributed by atoms with Crippen LogP contribution in [0.1, 0.15) is 15.9 Å². The second-order valence-corrected chi connectivity index (χ2v) is 4.17. The van der Waals surface area contributed by atoms with Gasteiger partial charge in [0, 0.05) is 10.7 Å². The van der Waals surface area contributed by atoms with Gasteiger partial charge in [-0.15, -0.1) is 0 Å². The number of carbonyl (C=O) groups excluding carboxylic acids is 1. The fourth-order valence-electron chi connectivity index (χ4n) is 1.34. The van der Waals surface area contributed by atoms with Gasteiger partial charge >= 0.3 is 0 Å². The van der Waals surface area contributed by atoms with E-state index >= 15 is 0 Å². The van der Waals surface area contributed by atoms with Crippen LogP contribution in [0.2, 0.25) is 0 Å². The Kier molecular flexibility index (Phi) is 3.05. The van der Waals surface area contributed by atoms with Crippen molar-refractivity contribution in [2.75, 3.05) is 5.32 Å². The topological polar surface area (TPSA) is 57.8 Å². The SMILES string of the molecule is Cc1cccc(C(=O)Nc2cn[nH]c2)c1Br. The van der Waals surface area contributed by atoms with Crippen molar-refractivity contribution >= 4 is 27.5 Å². The number of aromatic amines is 1. The van der Waals surface area contributed by atoms with E-state index in [1.165, 1.54) is 0 Å². The predicted molar refractivity (Wildman–Crippen MR) is 65.4 cm³/mol. The molecule has 0 aliphatic carbocycles. The van der Waals surface area contributed by atoms with E-state index in [0.29, 0.717) is 11.3 Å². The van der Waals surface area contributed by atoms with Crippen LogP contribution >= 0.6 is 15.9 Å². The second kappa shape index (κ2) is 4.49. The Labute approximate surface area is 101 Å². The first-order valence-electron chi connectivity index (χ1n) is 4.73. The standard InChI is InChI=1S/C11H10BrN3O/c1-7-3-2-4-9(10(7)12)11(16)15-8-5-13-14-6-8/h2-6H,1H3,(H,13,14)(H,15,16). The van der Waals surface area contributed by atoms with Crippen molar-refractivity contribution in [2.45, 2.75) is 6.92 Å². The molecule has 16 heavy (non-hydrogen) atoms. The number of hydrogen-bond acceptors (Lipinski definition) is 2. The van der Waals surface area contributed by atoms with Gasteiger partial charge in [0.1, 0.15) is 0 Å². The lowest BCUT2D eigenvalue weighted by Gasteiger charge is -2.06. The Balaban J connectivity index is 2.24. The minimum absolute atomic E-state index is 0.156. The summed E-state index contributed by atoms with van der Waals surface area (Å²) in [6.45, 7) is 1.94. The molecule has 2 aromatic rings. The van der Waals surface area contributed by atoms with Gasteiger partial charge in [-0.25, -0.2) is 0 Å². The first-order chi connectivity index (χ1) is 7.68. The highest BCUT2D eigenvalue weighted by molar-refractivity contribution is 9.10. The molecule has 0 saturated heterocycles. The normalized spacial score (nSPS) is 10.1. The molecule has 0 aliphatic heterocycles. The molecular formula is C11H10BrN3O. The quantitative estimate of drug-likeness (QED) is 0.888. The molecule has 0 aliphatic rings. The molecule has 0 spiro atoms. The van der Waals surface area contributed by atoms with E-state index in [1.807, 2.05) is 19.1 Å². The van der Waals surface area contributed by atoms with Crippen LogP contribution < -0.4 is 5.32 Å². The minimum Gasteiger partial charge on any atom is -0.319 e. The maximum absolute atomic E-state index is 11.9. The molecule has 1 aromatic carbocycles. The van der Waals surface area contributed by atoms with Crippen molar-refractivity contribution in [3.05, 3.63) is 46.2 Å². The number of amides is 1. The van der Waals surface area contributed by atoms with Gasteiger partial charge < -0.3 is 5.32 Å². The summed E-state index contributed by atoms with van der Waals surface area (Å²) < 4.78 is 0.816. The van der Waals surface area contributed by atoms with Gasteiger partial charge in [-0.2, -0.15) is 5.10 Å². The molecule has 82 valence electrons. The number of aryl methyl sites for hydroxylation is 1. The van der Waals surface area contributed by atoms with Crippen molar-refractivity contribution in [1.29, 1.82) is 0 Å². The number of halogens is 1. The van der Waals surface area contributed by atoms with E-state index < -0.39 is 0 Å². The number of hydrogen-bond donors (Lipinski definition) is 2. The number of H-pyrrole nitrogens is 1.